The number of phenols is 1. The molecule has 0 atom stereocenters. The van der Waals surface area contributed by atoms with Gasteiger partial charge < -0.3 is 9.84 Å². The number of fused-ring (bicyclic) bond motifs is 1. The maximum Gasteiger partial charge on any atom is 0.127 e. The zero-order valence-electron chi connectivity index (χ0n) is 11.0. The van der Waals surface area contributed by atoms with Crippen molar-refractivity contribution in [3.8, 4) is 11.5 Å². The highest BCUT2D eigenvalue weighted by atomic mass is 16.5. The van der Waals surface area contributed by atoms with Gasteiger partial charge in [0.15, 0.2) is 0 Å². The molecular weight excluding hydrogens is 238 g/mol. The first kappa shape index (κ1) is 12.3. The fraction of sp³-hybridized carbons (Fsp3) is 0.375. The van der Waals surface area contributed by atoms with Crippen LogP contribution in [0.3, 0.4) is 0 Å². The lowest BCUT2D eigenvalue weighted by atomic mass is 10.1. The molecule has 2 aromatic carbocycles. The maximum atomic E-state index is 9.49. The summed E-state index contributed by atoms with van der Waals surface area (Å²) in [5.41, 5.74) is 0. The van der Waals surface area contributed by atoms with Crippen molar-refractivity contribution in [2.45, 2.75) is 12.8 Å². The summed E-state index contributed by atoms with van der Waals surface area (Å²) in [4.78, 5) is 2.44. The topological polar surface area (TPSA) is 32.7 Å². The molecule has 1 N–H and O–H groups in total. The molecule has 19 heavy (non-hydrogen) atoms. The minimum absolute atomic E-state index is 0.293. The third kappa shape index (κ3) is 2.82. The molecule has 0 aromatic heterocycles. The number of phenolic OH excluding ortho intramolecular Hbond substituents is 1. The standard InChI is InChI=1S/C16H19NO2/c18-14-6-7-15-13(12-14)4-3-5-16(15)19-11-10-17-8-1-2-9-17/h3-7,12,18H,1-2,8-11H2. The third-order valence-corrected chi connectivity index (χ3v) is 3.69. The lowest BCUT2D eigenvalue weighted by molar-refractivity contribution is 0.239. The van der Waals surface area contributed by atoms with Crippen molar-refractivity contribution in [1.29, 1.82) is 0 Å². The van der Waals surface area contributed by atoms with E-state index in [9.17, 15) is 5.11 Å². The average molecular weight is 257 g/mol. The van der Waals surface area contributed by atoms with Crippen molar-refractivity contribution in [2.24, 2.45) is 0 Å². The van der Waals surface area contributed by atoms with E-state index in [0.29, 0.717) is 5.75 Å². The zero-order chi connectivity index (χ0) is 13.1. The molecule has 0 radical (unpaired) electrons. The lowest BCUT2D eigenvalue weighted by Crippen LogP contribution is -2.25. The van der Waals surface area contributed by atoms with Crippen LogP contribution in [0, 0.1) is 0 Å². The number of aromatic hydroxyl groups is 1. The smallest absolute Gasteiger partial charge is 0.127 e. The van der Waals surface area contributed by atoms with Gasteiger partial charge in [-0.2, -0.15) is 0 Å². The van der Waals surface area contributed by atoms with E-state index in [0.717, 1.165) is 29.7 Å². The van der Waals surface area contributed by atoms with Gasteiger partial charge in [-0.1, -0.05) is 12.1 Å². The van der Waals surface area contributed by atoms with Crippen molar-refractivity contribution in [3.63, 3.8) is 0 Å². The summed E-state index contributed by atoms with van der Waals surface area (Å²) in [5.74, 6) is 1.19. The van der Waals surface area contributed by atoms with Gasteiger partial charge in [-0.15, -0.1) is 0 Å². The molecule has 0 amide bonds. The second-order valence-corrected chi connectivity index (χ2v) is 5.06. The molecule has 1 saturated heterocycles. The molecule has 100 valence electrons. The van der Waals surface area contributed by atoms with Gasteiger partial charge in [-0.3, -0.25) is 4.90 Å². The summed E-state index contributed by atoms with van der Waals surface area (Å²) in [6.07, 6.45) is 2.63. The summed E-state index contributed by atoms with van der Waals surface area (Å²) >= 11 is 0. The minimum atomic E-state index is 0.293. The summed E-state index contributed by atoms with van der Waals surface area (Å²) in [6, 6.07) is 11.3. The van der Waals surface area contributed by atoms with Crippen molar-refractivity contribution < 1.29 is 9.84 Å². The summed E-state index contributed by atoms with van der Waals surface area (Å²) in [5, 5.41) is 11.6. The van der Waals surface area contributed by atoms with Crippen molar-refractivity contribution in [3.05, 3.63) is 36.4 Å². The molecule has 1 aliphatic heterocycles. The molecule has 1 heterocycles. The van der Waals surface area contributed by atoms with Crippen LogP contribution in [0.1, 0.15) is 12.8 Å². The van der Waals surface area contributed by atoms with Crippen LogP contribution in [-0.4, -0.2) is 36.2 Å². The quantitative estimate of drug-likeness (QED) is 0.914. The Kier molecular flexibility index (Phi) is 3.56. The minimum Gasteiger partial charge on any atom is -0.508 e. The molecule has 0 saturated carbocycles. The summed E-state index contributed by atoms with van der Waals surface area (Å²) < 4.78 is 5.90. The van der Waals surface area contributed by atoms with Crippen LogP contribution in [0.4, 0.5) is 0 Å². The van der Waals surface area contributed by atoms with Crippen LogP contribution in [0.15, 0.2) is 36.4 Å². The number of hydrogen-bond donors (Lipinski definition) is 1. The number of likely N-dealkylation sites (tertiary alicyclic amines) is 1. The molecule has 0 aliphatic carbocycles. The Labute approximate surface area is 113 Å². The highest BCUT2D eigenvalue weighted by Crippen LogP contribution is 2.28. The molecule has 0 bridgehead atoms. The Morgan fingerprint density at radius 1 is 1.11 bits per heavy atom. The van der Waals surface area contributed by atoms with Crippen molar-refractivity contribution >= 4 is 10.8 Å². The maximum absolute atomic E-state index is 9.49. The summed E-state index contributed by atoms with van der Waals surface area (Å²) in [6.45, 7) is 4.12. The third-order valence-electron chi connectivity index (χ3n) is 3.69. The number of hydrogen-bond acceptors (Lipinski definition) is 3. The highest BCUT2D eigenvalue weighted by molar-refractivity contribution is 5.89. The average Bonchev–Trinajstić information content (AvgIpc) is 2.92. The Balaban J connectivity index is 1.70. The van der Waals surface area contributed by atoms with E-state index in [-0.39, 0.29) is 0 Å². The second kappa shape index (κ2) is 5.49. The van der Waals surface area contributed by atoms with Gasteiger partial charge in [0, 0.05) is 11.9 Å². The van der Waals surface area contributed by atoms with Gasteiger partial charge in [0.25, 0.3) is 0 Å². The van der Waals surface area contributed by atoms with Gasteiger partial charge in [-0.25, -0.2) is 0 Å². The van der Waals surface area contributed by atoms with E-state index in [1.165, 1.54) is 25.9 Å². The Hall–Kier alpha value is -1.74. The molecule has 3 nitrogen and oxygen atoms in total. The summed E-state index contributed by atoms with van der Waals surface area (Å²) in [7, 11) is 0. The zero-order valence-corrected chi connectivity index (χ0v) is 11.0. The molecule has 0 spiro atoms. The van der Waals surface area contributed by atoms with Crippen LogP contribution >= 0.6 is 0 Å². The molecule has 3 rings (SSSR count). The normalized spacial score (nSPS) is 16.0. The predicted octanol–water partition coefficient (Wildman–Crippen LogP) is 3.02. The molecule has 1 fully saturated rings. The van der Waals surface area contributed by atoms with Gasteiger partial charge >= 0.3 is 0 Å². The van der Waals surface area contributed by atoms with Crippen molar-refractivity contribution in [1.82, 2.24) is 4.90 Å². The number of rotatable bonds is 4. The van der Waals surface area contributed by atoms with Crippen LogP contribution < -0.4 is 4.74 Å². The number of ether oxygens (including phenoxy) is 1. The fourth-order valence-corrected chi connectivity index (χ4v) is 2.66. The van der Waals surface area contributed by atoms with Crippen LogP contribution in [0.5, 0.6) is 11.5 Å². The molecule has 2 aromatic rings. The van der Waals surface area contributed by atoms with E-state index in [1.54, 1.807) is 12.1 Å². The van der Waals surface area contributed by atoms with Crippen molar-refractivity contribution in [2.75, 3.05) is 26.2 Å². The molecule has 3 heteroatoms. The van der Waals surface area contributed by atoms with Gasteiger partial charge in [0.2, 0.25) is 0 Å². The lowest BCUT2D eigenvalue weighted by Gasteiger charge is -2.15. The largest absolute Gasteiger partial charge is 0.508 e. The molecule has 1 aliphatic rings. The molecular formula is C16H19NO2. The Bertz CT molecular complexity index is 562. The van der Waals surface area contributed by atoms with E-state index in [2.05, 4.69) is 4.90 Å². The first-order valence-electron chi connectivity index (χ1n) is 6.90. The van der Waals surface area contributed by atoms with E-state index in [1.807, 2.05) is 24.3 Å². The van der Waals surface area contributed by atoms with Gasteiger partial charge in [-0.05, 0) is 55.6 Å². The van der Waals surface area contributed by atoms with Gasteiger partial charge in [0.05, 0.1) is 0 Å². The Morgan fingerprint density at radius 3 is 2.79 bits per heavy atom. The van der Waals surface area contributed by atoms with E-state index in [4.69, 9.17) is 4.74 Å². The number of benzene rings is 2. The SMILES string of the molecule is Oc1ccc2c(OCCN3CCCC3)cccc2c1. The van der Waals surface area contributed by atoms with E-state index < -0.39 is 0 Å². The highest BCUT2D eigenvalue weighted by Gasteiger charge is 2.11. The van der Waals surface area contributed by atoms with Crippen LogP contribution in [0.2, 0.25) is 0 Å². The first-order chi connectivity index (χ1) is 9.33. The van der Waals surface area contributed by atoms with Crippen LogP contribution in [0.25, 0.3) is 10.8 Å². The monoisotopic (exact) mass is 257 g/mol. The molecule has 0 unspecified atom stereocenters. The van der Waals surface area contributed by atoms with Gasteiger partial charge in [0.1, 0.15) is 18.1 Å². The fourth-order valence-electron chi connectivity index (χ4n) is 2.66. The van der Waals surface area contributed by atoms with Crippen LogP contribution in [-0.2, 0) is 0 Å². The van der Waals surface area contributed by atoms with E-state index >= 15 is 0 Å². The predicted molar refractivity (Wildman–Crippen MR) is 76.8 cm³/mol. The second-order valence-electron chi connectivity index (χ2n) is 5.06. The first-order valence-corrected chi connectivity index (χ1v) is 6.90. The number of nitrogens with zero attached hydrogens (tertiary/aromatic N) is 1. The Morgan fingerprint density at radius 2 is 1.95 bits per heavy atom.